The number of ether oxygens (including phenoxy) is 2. The second kappa shape index (κ2) is 22.6. The van der Waals surface area contributed by atoms with Gasteiger partial charge in [0.2, 0.25) is 11.8 Å². The number of amides is 4. The van der Waals surface area contributed by atoms with Crippen LogP contribution < -0.4 is 0 Å². The molecule has 47 heavy (non-hydrogen) atoms. The summed E-state index contributed by atoms with van der Waals surface area (Å²) in [5.41, 5.74) is 2.20. The van der Waals surface area contributed by atoms with Crippen LogP contribution in [-0.4, -0.2) is 63.5 Å². The Balaban J connectivity index is 0.000000280. The van der Waals surface area contributed by atoms with Gasteiger partial charge in [-0.2, -0.15) is 0 Å². The molecule has 0 unspecified atom stereocenters. The molecule has 0 spiro atoms. The van der Waals surface area contributed by atoms with E-state index in [-0.39, 0.29) is 36.4 Å². The molecule has 4 amide bonds. The first-order valence-corrected chi connectivity index (χ1v) is 19.6. The van der Waals surface area contributed by atoms with Crippen LogP contribution in [0.4, 0.5) is 9.59 Å². The van der Waals surface area contributed by atoms with Gasteiger partial charge in [-0.25, -0.2) is 19.4 Å². The average Bonchev–Trinajstić information content (AvgIpc) is 3.64. The SMILES string of the molecule is CC/C(I)=C/CI.CC/C(I)=C/C[C@H](C)C(=O)N1C(=O)OC[C@H]1Cc1ccccc1.CCC(=O)N1C(=O)OC[C@H]1Cc1ccccc1. The van der Waals surface area contributed by atoms with E-state index in [2.05, 4.69) is 93.8 Å². The van der Waals surface area contributed by atoms with Crippen LogP contribution in [0.25, 0.3) is 0 Å². The van der Waals surface area contributed by atoms with Crippen molar-refractivity contribution in [2.75, 3.05) is 17.6 Å². The summed E-state index contributed by atoms with van der Waals surface area (Å²) in [6, 6.07) is 19.3. The van der Waals surface area contributed by atoms with Gasteiger partial charge in [0.05, 0.1) is 12.1 Å². The molecule has 256 valence electrons. The van der Waals surface area contributed by atoms with Crippen LogP contribution >= 0.6 is 67.8 Å². The molecular formula is C36H45I3N2O6. The molecule has 2 aliphatic rings. The number of hydrogen-bond donors (Lipinski definition) is 0. The van der Waals surface area contributed by atoms with Gasteiger partial charge in [0.15, 0.2) is 0 Å². The van der Waals surface area contributed by atoms with Crippen LogP contribution in [0.2, 0.25) is 0 Å². The van der Waals surface area contributed by atoms with E-state index in [0.717, 1.165) is 22.0 Å². The Morgan fingerprint density at radius 3 is 1.64 bits per heavy atom. The summed E-state index contributed by atoms with van der Waals surface area (Å²) in [7, 11) is 0. The molecule has 2 aliphatic heterocycles. The summed E-state index contributed by atoms with van der Waals surface area (Å²) in [6.45, 7) is 8.42. The number of carbonyl (C=O) groups is 4. The molecule has 4 rings (SSSR count). The number of cyclic esters (lactones) is 2. The lowest BCUT2D eigenvalue weighted by molar-refractivity contribution is -0.133. The largest absolute Gasteiger partial charge is 0.447 e. The van der Waals surface area contributed by atoms with Crippen LogP contribution in [-0.2, 0) is 31.9 Å². The van der Waals surface area contributed by atoms with Gasteiger partial charge < -0.3 is 9.47 Å². The molecule has 2 fully saturated rings. The van der Waals surface area contributed by atoms with Crippen LogP contribution in [0, 0.1) is 5.92 Å². The van der Waals surface area contributed by atoms with Gasteiger partial charge in [-0.1, -0.05) is 123 Å². The van der Waals surface area contributed by atoms with Crippen molar-refractivity contribution in [3.8, 4) is 0 Å². The van der Waals surface area contributed by atoms with Gasteiger partial charge in [0.1, 0.15) is 13.2 Å². The zero-order valence-electron chi connectivity index (χ0n) is 27.5. The number of rotatable bonds is 11. The lowest BCUT2D eigenvalue weighted by Crippen LogP contribution is -2.42. The van der Waals surface area contributed by atoms with Crippen LogP contribution in [0.1, 0.15) is 64.5 Å². The molecule has 3 atom stereocenters. The lowest BCUT2D eigenvalue weighted by atomic mass is 10.0. The number of alkyl halides is 1. The van der Waals surface area contributed by atoms with Gasteiger partial charge in [0.25, 0.3) is 0 Å². The maximum absolute atomic E-state index is 12.7. The molecule has 8 nitrogen and oxygen atoms in total. The molecule has 11 heteroatoms. The lowest BCUT2D eigenvalue weighted by Gasteiger charge is -2.22. The molecule has 0 aromatic heterocycles. The Morgan fingerprint density at radius 1 is 0.766 bits per heavy atom. The number of hydrogen-bond acceptors (Lipinski definition) is 6. The molecule has 0 radical (unpaired) electrons. The molecule has 0 N–H and O–H groups in total. The van der Waals surface area contributed by atoms with Crippen molar-refractivity contribution in [1.29, 1.82) is 0 Å². The van der Waals surface area contributed by atoms with Crippen molar-refractivity contribution >= 4 is 91.8 Å². The summed E-state index contributed by atoms with van der Waals surface area (Å²) in [6.07, 6.45) is 7.67. The van der Waals surface area contributed by atoms with Gasteiger partial charge in [-0.3, -0.25) is 9.59 Å². The summed E-state index contributed by atoms with van der Waals surface area (Å²) < 4.78 is 13.9. The fourth-order valence-electron chi connectivity index (χ4n) is 4.76. The molecule has 2 saturated heterocycles. The van der Waals surface area contributed by atoms with Crippen LogP contribution in [0.15, 0.2) is 80.0 Å². The number of carbonyl (C=O) groups excluding carboxylic acids is 4. The van der Waals surface area contributed by atoms with E-state index in [1.165, 1.54) is 23.4 Å². The average molecular weight is 982 g/mol. The Bertz CT molecular complexity index is 1350. The monoisotopic (exact) mass is 982 g/mol. The first-order valence-electron chi connectivity index (χ1n) is 15.9. The molecular weight excluding hydrogens is 937 g/mol. The highest BCUT2D eigenvalue weighted by molar-refractivity contribution is 14.1. The summed E-state index contributed by atoms with van der Waals surface area (Å²) in [4.78, 5) is 50.3. The van der Waals surface area contributed by atoms with Crippen LogP contribution in [0.5, 0.6) is 0 Å². The Labute approximate surface area is 320 Å². The summed E-state index contributed by atoms with van der Waals surface area (Å²) in [5.74, 6) is -0.548. The first kappa shape index (κ1) is 41.2. The van der Waals surface area contributed by atoms with E-state index in [1.54, 1.807) is 6.92 Å². The van der Waals surface area contributed by atoms with Crippen LogP contribution in [0.3, 0.4) is 0 Å². The molecule has 2 heterocycles. The van der Waals surface area contributed by atoms with E-state index in [0.29, 0.717) is 32.3 Å². The third-order valence-corrected chi connectivity index (χ3v) is 10.3. The van der Waals surface area contributed by atoms with Crippen molar-refractivity contribution < 1.29 is 28.7 Å². The maximum Gasteiger partial charge on any atom is 0.416 e. The van der Waals surface area contributed by atoms with E-state index in [4.69, 9.17) is 9.47 Å². The zero-order chi connectivity index (χ0) is 34.8. The molecule has 0 bridgehead atoms. The minimum absolute atomic E-state index is 0.148. The van der Waals surface area contributed by atoms with Gasteiger partial charge in [-0.05, 0) is 95.6 Å². The number of allylic oxidation sites excluding steroid dienone is 4. The molecule has 2 aromatic carbocycles. The molecule has 0 aliphatic carbocycles. The predicted molar refractivity (Wildman–Crippen MR) is 212 cm³/mol. The van der Waals surface area contributed by atoms with E-state index < -0.39 is 12.2 Å². The topological polar surface area (TPSA) is 93.2 Å². The third kappa shape index (κ3) is 14.2. The highest BCUT2D eigenvalue weighted by atomic mass is 127. The Morgan fingerprint density at radius 2 is 1.21 bits per heavy atom. The Kier molecular flexibility index (Phi) is 19.8. The second-order valence-corrected chi connectivity index (χ2v) is 14.6. The van der Waals surface area contributed by atoms with Crippen molar-refractivity contribution in [3.05, 3.63) is 91.1 Å². The maximum atomic E-state index is 12.7. The standard InChI is InChI=1S/C18H22INO3.C13H15NO3.C5H8I2/c1-3-15(19)10-9-13(2)17(21)20-16(12-23-18(20)22)11-14-7-5-4-6-8-14;1-2-12(15)14-11(9-17-13(14)16)8-10-6-4-3-5-7-10;1-2-5(7)3-4-6/h4-8,10,13,16H,3,9,11-12H2,1-2H3;3-7,11H,2,8-9H2,1H3;3H,2,4H2,1H3/b15-10-;;5-3-/t13-,16+;11-;/m01./s1. The number of nitrogens with zero attached hydrogens (tertiary/aromatic N) is 2. The fraction of sp³-hybridized carbons (Fsp3) is 0.444. The van der Waals surface area contributed by atoms with Crippen molar-refractivity contribution in [3.63, 3.8) is 0 Å². The smallest absolute Gasteiger partial charge is 0.416 e. The molecule has 0 saturated carbocycles. The van der Waals surface area contributed by atoms with Crippen molar-refractivity contribution in [2.24, 2.45) is 5.92 Å². The summed E-state index contributed by atoms with van der Waals surface area (Å²) >= 11 is 6.98. The number of halogens is 3. The van der Waals surface area contributed by atoms with Gasteiger partial charge in [-0.15, -0.1) is 0 Å². The predicted octanol–water partition coefficient (Wildman–Crippen LogP) is 9.47. The minimum atomic E-state index is -0.517. The Hall–Kier alpha value is -2.01. The fourth-order valence-corrected chi connectivity index (χ4v) is 6.60. The minimum Gasteiger partial charge on any atom is -0.447 e. The highest BCUT2D eigenvalue weighted by Crippen LogP contribution is 2.23. The van der Waals surface area contributed by atoms with Crippen molar-refractivity contribution in [2.45, 2.75) is 78.3 Å². The van der Waals surface area contributed by atoms with E-state index in [9.17, 15) is 19.2 Å². The second-order valence-electron chi connectivity index (χ2n) is 11.0. The quantitative estimate of drug-likeness (QED) is 0.165. The highest BCUT2D eigenvalue weighted by Gasteiger charge is 2.39. The number of imide groups is 2. The van der Waals surface area contributed by atoms with Gasteiger partial charge in [0, 0.05) is 16.8 Å². The first-order chi connectivity index (χ1) is 22.6. The zero-order valence-corrected chi connectivity index (χ0v) is 34.0. The normalized spacial score (nSPS) is 18.4. The van der Waals surface area contributed by atoms with Gasteiger partial charge >= 0.3 is 12.2 Å². The van der Waals surface area contributed by atoms with E-state index in [1.807, 2.05) is 67.6 Å². The molecule has 2 aromatic rings. The third-order valence-electron chi connectivity index (χ3n) is 7.45. The van der Waals surface area contributed by atoms with E-state index >= 15 is 0 Å². The number of benzene rings is 2. The van der Waals surface area contributed by atoms with Crippen molar-refractivity contribution in [1.82, 2.24) is 9.80 Å². The summed E-state index contributed by atoms with van der Waals surface area (Å²) in [5, 5.41) is 0.